The van der Waals surface area contributed by atoms with Gasteiger partial charge in [-0.25, -0.2) is 0 Å². The standard InChI is InChI=1S/C25H33N3O2/c1-24-12-8-19-17(4-7-21-25(19,2)13-9-22(29)28(21)3)18(24)5-6-20(24)23(30)27-16-10-14-26-15-11-16/h7,10-11,14-15,17-20H,4-6,8-9,12-13H2,1-3H3,(H,26,27,30)/t17-,18-,19+,20?,24-,25+/m0/s1. The molecule has 160 valence electrons. The van der Waals surface area contributed by atoms with Crippen LogP contribution in [0.4, 0.5) is 5.69 Å². The number of allylic oxidation sites excluding steroid dienone is 2. The molecule has 0 radical (unpaired) electrons. The number of hydrogen-bond acceptors (Lipinski definition) is 3. The van der Waals surface area contributed by atoms with E-state index in [1.54, 1.807) is 12.4 Å². The molecule has 0 aromatic carbocycles. The highest BCUT2D eigenvalue weighted by Crippen LogP contribution is 2.66. The fraction of sp³-hybridized carbons (Fsp3) is 0.640. The average molecular weight is 408 g/mol. The molecule has 2 heterocycles. The van der Waals surface area contributed by atoms with Gasteiger partial charge in [-0.05, 0) is 73.8 Å². The SMILES string of the molecule is CN1C(=O)CC[C@@]2(C)C1=CC[C@@H]1[C@H]2CC[C@]2(C)C(C(=O)Nc3ccncc3)CC[C@@H]12. The second kappa shape index (κ2) is 6.93. The molecule has 5 heteroatoms. The molecule has 1 aliphatic heterocycles. The van der Waals surface area contributed by atoms with E-state index in [1.165, 1.54) is 5.70 Å². The Kier molecular flexibility index (Phi) is 4.57. The van der Waals surface area contributed by atoms with E-state index in [2.05, 4.69) is 30.2 Å². The Hall–Kier alpha value is -2.17. The molecule has 1 aromatic rings. The van der Waals surface area contributed by atoms with Crippen LogP contribution in [0.15, 0.2) is 36.3 Å². The van der Waals surface area contributed by atoms with Crippen LogP contribution in [0.1, 0.15) is 58.8 Å². The van der Waals surface area contributed by atoms with E-state index in [9.17, 15) is 9.59 Å². The van der Waals surface area contributed by atoms with Gasteiger partial charge in [0.1, 0.15) is 0 Å². The van der Waals surface area contributed by atoms with Crippen LogP contribution in [0.5, 0.6) is 0 Å². The molecule has 4 aliphatic rings. The van der Waals surface area contributed by atoms with Crippen LogP contribution in [-0.4, -0.2) is 28.7 Å². The van der Waals surface area contributed by atoms with Gasteiger partial charge in [0.2, 0.25) is 11.8 Å². The van der Waals surface area contributed by atoms with Gasteiger partial charge in [0.25, 0.3) is 0 Å². The number of likely N-dealkylation sites (tertiary alicyclic amines) is 1. The summed E-state index contributed by atoms with van der Waals surface area (Å²) in [7, 11) is 1.95. The van der Waals surface area contributed by atoms with Crippen molar-refractivity contribution in [3.8, 4) is 0 Å². The van der Waals surface area contributed by atoms with Gasteiger partial charge in [0, 0.05) is 48.6 Å². The summed E-state index contributed by atoms with van der Waals surface area (Å²) in [5.74, 6) is 2.33. The van der Waals surface area contributed by atoms with Gasteiger partial charge in [0.15, 0.2) is 0 Å². The number of rotatable bonds is 2. The predicted octanol–water partition coefficient (Wildman–Crippen LogP) is 4.62. The van der Waals surface area contributed by atoms with Crippen LogP contribution < -0.4 is 5.32 Å². The Morgan fingerprint density at radius 2 is 1.90 bits per heavy atom. The maximum atomic E-state index is 13.2. The van der Waals surface area contributed by atoms with Gasteiger partial charge in [-0.2, -0.15) is 0 Å². The lowest BCUT2D eigenvalue weighted by atomic mass is 9.49. The minimum atomic E-state index is 0.0658. The van der Waals surface area contributed by atoms with E-state index < -0.39 is 0 Å². The summed E-state index contributed by atoms with van der Waals surface area (Å²) >= 11 is 0. The largest absolute Gasteiger partial charge is 0.326 e. The number of hydrogen-bond donors (Lipinski definition) is 1. The molecule has 1 saturated heterocycles. The lowest BCUT2D eigenvalue weighted by Crippen LogP contribution is -2.54. The van der Waals surface area contributed by atoms with Gasteiger partial charge in [-0.15, -0.1) is 0 Å². The van der Waals surface area contributed by atoms with Crippen molar-refractivity contribution in [2.24, 2.45) is 34.5 Å². The summed E-state index contributed by atoms with van der Waals surface area (Å²) in [6.45, 7) is 4.76. The predicted molar refractivity (Wildman–Crippen MR) is 116 cm³/mol. The Morgan fingerprint density at radius 3 is 2.67 bits per heavy atom. The fourth-order valence-corrected chi connectivity index (χ4v) is 7.68. The first-order valence-electron chi connectivity index (χ1n) is 11.5. The van der Waals surface area contributed by atoms with Gasteiger partial charge in [-0.1, -0.05) is 19.9 Å². The van der Waals surface area contributed by atoms with E-state index >= 15 is 0 Å². The topological polar surface area (TPSA) is 62.3 Å². The minimum absolute atomic E-state index is 0.0658. The molecular formula is C25H33N3O2. The zero-order valence-electron chi connectivity index (χ0n) is 18.4. The highest BCUT2D eigenvalue weighted by Gasteiger charge is 2.60. The summed E-state index contributed by atoms with van der Waals surface area (Å²) in [6, 6.07) is 3.72. The zero-order valence-corrected chi connectivity index (χ0v) is 18.4. The van der Waals surface area contributed by atoms with Crippen molar-refractivity contribution in [1.29, 1.82) is 0 Å². The molecule has 3 fully saturated rings. The zero-order chi connectivity index (χ0) is 21.1. The van der Waals surface area contributed by atoms with Crippen molar-refractivity contribution >= 4 is 17.5 Å². The summed E-state index contributed by atoms with van der Waals surface area (Å²) in [6.07, 6.45) is 12.9. The number of amides is 2. The second-order valence-electron chi connectivity index (χ2n) is 10.5. The molecule has 1 N–H and O–H groups in total. The van der Waals surface area contributed by atoms with Gasteiger partial charge < -0.3 is 10.2 Å². The molecule has 1 aromatic heterocycles. The molecule has 5 nitrogen and oxygen atoms in total. The maximum Gasteiger partial charge on any atom is 0.228 e. The van der Waals surface area contributed by atoms with Crippen molar-refractivity contribution < 1.29 is 9.59 Å². The maximum absolute atomic E-state index is 13.2. The number of nitrogens with zero attached hydrogens (tertiary/aromatic N) is 2. The molecule has 0 spiro atoms. The Bertz CT molecular complexity index is 897. The smallest absolute Gasteiger partial charge is 0.228 e. The number of nitrogens with one attached hydrogen (secondary N) is 1. The van der Waals surface area contributed by atoms with Gasteiger partial charge >= 0.3 is 0 Å². The molecule has 30 heavy (non-hydrogen) atoms. The van der Waals surface area contributed by atoms with Crippen molar-refractivity contribution in [3.05, 3.63) is 36.3 Å². The third kappa shape index (κ3) is 2.77. The molecular weight excluding hydrogens is 374 g/mol. The van der Waals surface area contributed by atoms with Crippen molar-refractivity contribution in [2.75, 3.05) is 12.4 Å². The first-order chi connectivity index (χ1) is 14.3. The molecule has 5 rings (SSSR count). The lowest BCUT2D eigenvalue weighted by Gasteiger charge is -2.58. The van der Waals surface area contributed by atoms with Crippen LogP contribution in [0, 0.1) is 34.5 Å². The Labute approximate surface area is 179 Å². The number of fused-ring (bicyclic) bond motifs is 5. The minimum Gasteiger partial charge on any atom is -0.326 e. The van der Waals surface area contributed by atoms with E-state index in [0.29, 0.717) is 24.2 Å². The van der Waals surface area contributed by atoms with Gasteiger partial charge in [0.05, 0.1) is 0 Å². The van der Waals surface area contributed by atoms with E-state index in [0.717, 1.165) is 44.2 Å². The van der Waals surface area contributed by atoms with Crippen LogP contribution in [0.25, 0.3) is 0 Å². The highest BCUT2D eigenvalue weighted by atomic mass is 16.2. The van der Waals surface area contributed by atoms with Crippen LogP contribution >= 0.6 is 0 Å². The number of carbonyl (C=O) groups excluding carboxylic acids is 2. The molecule has 2 amide bonds. The molecule has 3 aliphatic carbocycles. The number of carbonyl (C=O) groups is 2. The summed E-state index contributed by atoms with van der Waals surface area (Å²) < 4.78 is 0. The van der Waals surface area contributed by atoms with Crippen molar-refractivity contribution in [3.63, 3.8) is 0 Å². The summed E-state index contributed by atoms with van der Waals surface area (Å²) in [5.41, 5.74) is 2.26. The number of pyridine rings is 1. The van der Waals surface area contributed by atoms with Crippen molar-refractivity contribution in [2.45, 2.75) is 58.8 Å². The normalized spacial score (nSPS) is 40.2. The Balaban J connectivity index is 1.39. The third-order valence-electron chi connectivity index (χ3n) is 9.28. The molecule has 0 bridgehead atoms. The van der Waals surface area contributed by atoms with Gasteiger partial charge in [-0.3, -0.25) is 14.6 Å². The third-order valence-corrected chi connectivity index (χ3v) is 9.28. The first-order valence-corrected chi connectivity index (χ1v) is 11.5. The van der Waals surface area contributed by atoms with E-state index in [-0.39, 0.29) is 28.6 Å². The Morgan fingerprint density at radius 1 is 1.13 bits per heavy atom. The quantitative estimate of drug-likeness (QED) is 0.778. The van der Waals surface area contributed by atoms with Crippen LogP contribution in [0.3, 0.4) is 0 Å². The summed E-state index contributed by atoms with van der Waals surface area (Å²) in [4.78, 5) is 31.5. The van der Waals surface area contributed by atoms with Crippen molar-refractivity contribution in [1.82, 2.24) is 9.88 Å². The second-order valence-corrected chi connectivity index (χ2v) is 10.5. The monoisotopic (exact) mass is 407 g/mol. The molecule has 6 atom stereocenters. The summed E-state index contributed by atoms with van der Waals surface area (Å²) in [5, 5.41) is 3.14. The van der Waals surface area contributed by atoms with Crippen LogP contribution in [0.2, 0.25) is 0 Å². The highest BCUT2D eigenvalue weighted by molar-refractivity contribution is 5.93. The number of piperidine rings is 1. The average Bonchev–Trinajstić information content (AvgIpc) is 3.09. The van der Waals surface area contributed by atoms with E-state index in [1.807, 2.05) is 24.1 Å². The molecule has 1 unspecified atom stereocenters. The first kappa shape index (κ1) is 19.8. The number of aromatic nitrogens is 1. The van der Waals surface area contributed by atoms with Crippen LogP contribution in [-0.2, 0) is 9.59 Å². The molecule has 2 saturated carbocycles. The lowest BCUT2D eigenvalue weighted by molar-refractivity contribution is -0.137. The van der Waals surface area contributed by atoms with E-state index in [4.69, 9.17) is 0 Å². The number of anilines is 1. The fourth-order valence-electron chi connectivity index (χ4n) is 7.68.